The third-order valence-corrected chi connectivity index (χ3v) is 7.31. The predicted molar refractivity (Wildman–Crippen MR) is 139 cm³/mol. The highest BCUT2D eigenvalue weighted by Crippen LogP contribution is 2.55. The van der Waals surface area contributed by atoms with Crippen LogP contribution in [0.4, 0.5) is 11.4 Å². The molecule has 2 aliphatic heterocycles. The molecule has 0 amide bonds. The first-order valence-electron chi connectivity index (χ1n) is 11.0. The van der Waals surface area contributed by atoms with E-state index in [2.05, 4.69) is 114 Å². The Bertz CT molecular complexity index is 1350. The Kier molecular flexibility index (Phi) is 4.77. The first-order valence-corrected chi connectivity index (χ1v) is 11.8. The SMILES string of the molecule is CC1=NN(c2ccccc2)[C@]2(SC(c3ccccc3)=NN2c2ccccc2)c2ccccc21. The molecule has 160 valence electrons. The van der Waals surface area contributed by atoms with Crippen LogP contribution < -0.4 is 10.0 Å². The number of hydrogen-bond donors (Lipinski definition) is 0. The van der Waals surface area contributed by atoms with Crippen molar-refractivity contribution in [1.29, 1.82) is 0 Å². The molecule has 0 N–H and O–H groups in total. The van der Waals surface area contributed by atoms with Gasteiger partial charge in [0, 0.05) is 16.7 Å². The predicted octanol–water partition coefficient (Wildman–Crippen LogP) is 6.66. The number of thioether (sulfide) groups is 1. The van der Waals surface area contributed by atoms with E-state index in [1.807, 2.05) is 18.2 Å². The van der Waals surface area contributed by atoms with Gasteiger partial charge < -0.3 is 0 Å². The molecular formula is C28H22N4S. The molecule has 2 aliphatic rings. The van der Waals surface area contributed by atoms with Gasteiger partial charge in [-0.05, 0) is 43.0 Å². The zero-order valence-electron chi connectivity index (χ0n) is 18.2. The van der Waals surface area contributed by atoms with Gasteiger partial charge in [0.2, 0.25) is 4.99 Å². The Hall–Kier alpha value is -3.83. The molecule has 0 unspecified atom stereocenters. The summed E-state index contributed by atoms with van der Waals surface area (Å²) < 4.78 is 0. The maximum absolute atomic E-state index is 5.21. The van der Waals surface area contributed by atoms with Crippen LogP contribution in [0.25, 0.3) is 0 Å². The second-order valence-corrected chi connectivity index (χ2v) is 9.17. The minimum Gasteiger partial charge on any atom is -0.223 e. The normalized spacial score (nSPS) is 19.3. The minimum absolute atomic E-state index is 0.704. The summed E-state index contributed by atoms with van der Waals surface area (Å²) in [5.41, 5.74) is 6.43. The minimum atomic E-state index is -0.704. The molecule has 0 fully saturated rings. The van der Waals surface area contributed by atoms with Gasteiger partial charge in [-0.25, -0.2) is 10.0 Å². The summed E-state index contributed by atoms with van der Waals surface area (Å²) in [5, 5.41) is 15.6. The van der Waals surface area contributed by atoms with Gasteiger partial charge in [0.25, 0.3) is 0 Å². The molecule has 0 aromatic heterocycles. The summed E-state index contributed by atoms with van der Waals surface area (Å²) in [6.07, 6.45) is 0. The summed E-state index contributed by atoms with van der Waals surface area (Å²) >= 11 is 1.73. The molecular weight excluding hydrogens is 424 g/mol. The highest BCUT2D eigenvalue weighted by atomic mass is 32.2. The Morgan fingerprint density at radius 1 is 0.606 bits per heavy atom. The van der Waals surface area contributed by atoms with Crippen molar-refractivity contribution >= 4 is 33.9 Å². The van der Waals surface area contributed by atoms with Crippen LogP contribution in [-0.2, 0) is 4.99 Å². The van der Waals surface area contributed by atoms with Crippen LogP contribution in [0, 0.1) is 0 Å². The number of hydrazone groups is 2. The lowest BCUT2D eigenvalue weighted by atomic mass is 9.98. The van der Waals surface area contributed by atoms with E-state index in [-0.39, 0.29) is 0 Å². The van der Waals surface area contributed by atoms with Gasteiger partial charge in [-0.15, -0.1) is 0 Å². The van der Waals surface area contributed by atoms with E-state index < -0.39 is 4.99 Å². The Balaban J connectivity index is 1.64. The van der Waals surface area contributed by atoms with E-state index in [4.69, 9.17) is 10.2 Å². The van der Waals surface area contributed by atoms with Crippen molar-refractivity contribution in [3.8, 4) is 0 Å². The van der Waals surface area contributed by atoms with Gasteiger partial charge in [0.1, 0.15) is 5.04 Å². The average molecular weight is 447 g/mol. The fourth-order valence-electron chi connectivity index (χ4n) is 4.43. The number of rotatable bonds is 3. The molecule has 5 heteroatoms. The second kappa shape index (κ2) is 7.94. The monoisotopic (exact) mass is 446 g/mol. The van der Waals surface area contributed by atoms with E-state index in [1.165, 1.54) is 5.56 Å². The highest BCUT2D eigenvalue weighted by molar-refractivity contribution is 8.15. The van der Waals surface area contributed by atoms with Gasteiger partial charge in [0.15, 0.2) is 0 Å². The number of hydrogen-bond acceptors (Lipinski definition) is 5. The van der Waals surface area contributed by atoms with Gasteiger partial charge in [0.05, 0.1) is 17.1 Å². The molecule has 2 heterocycles. The Labute approximate surface area is 197 Å². The number of nitrogens with zero attached hydrogens (tertiary/aromatic N) is 4. The zero-order valence-corrected chi connectivity index (χ0v) is 19.0. The van der Waals surface area contributed by atoms with Crippen LogP contribution in [0.5, 0.6) is 0 Å². The number of para-hydroxylation sites is 2. The van der Waals surface area contributed by atoms with Crippen molar-refractivity contribution < 1.29 is 0 Å². The maximum atomic E-state index is 5.21. The number of benzene rings is 4. The van der Waals surface area contributed by atoms with Gasteiger partial charge in [-0.1, -0.05) is 91.0 Å². The molecule has 0 saturated heterocycles. The molecule has 4 aromatic rings. The number of fused-ring (bicyclic) bond motifs is 2. The maximum Gasteiger partial charge on any atom is 0.234 e. The van der Waals surface area contributed by atoms with Crippen molar-refractivity contribution in [2.75, 3.05) is 10.0 Å². The van der Waals surface area contributed by atoms with Crippen molar-refractivity contribution in [2.24, 2.45) is 10.2 Å². The fraction of sp³-hybridized carbons (Fsp3) is 0.0714. The third-order valence-electron chi connectivity index (χ3n) is 5.94. The third kappa shape index (κ3) is 3.16. The Morgan fingerprint density at radius 2 is 1.12 bits per heavy atom. The molecule has 0 saturated carbocycles. The quantitative estimate of drug-likeness (QED) is 0.353. The standard InChI is InChI=1S/C28H22N4S/c1-21-25-19-11-12-20-26(25)28(31(29-21)23-15-7-3-8-16-23)32(24-17-9-4-10-18-24)30-27(33-28)22-13-5-2-6-14-22/h2-20H,1H3/t28-/m1/s1. The van der Waals surface area contributed by atoms with Crippen LogP contribution in [0.2, 0.25) is 0 Å². The fourth-order valence-corrected chi connectivity index (χ4v) is 5.83. The molecule has 0 radical (unpaired) electrons. The molecule has 1 spiro atoms. The van der Waals surface area contributed by atoms with E-state index in [9.17, 15) is 0 Å². The lowest BCUT2D eigenvalue weighted by Gasteiger charge is -2.46. The molecule has 4 nitrogen and oxygen atoms in total. The smallest absolute Gasteiger partial charge is 0.223 e. The summed E-state index contributed by atoms with van der Waals surface area (Å²) in [5.74, 6) is 0. The first-order chi connectivity index (χ1) is 16.3. The molecule has 0 bridgehead atoms. The van der Waals surface area contributed by atoms with Crippen molar-refractivity contribution in [3.63, 3.8) is 0 Å². The van der Waals surface area contributed by atoms with Crippen LogP contribution in [-0.4, -0.2) is 10.8 Å². The molecule has 6 rings (SSSR count). The van der Waals surface area contributed by atoms with Gasteiger partial charge >= 0.3 is 0 Å². The van der Waals surface area contributed by atoms with Crippen LogP contribution in [0.3, 0.4) is 0 Å². The van der Waals surface area contributed by atoms with Crippen molar-refractivity contribution in [3.05, 3.63) is 132 Å². The van der Waals surface area contributed by atoms with E-state index in [1.54, 1.807) is 11.8 Å². The average Bonchev–Trinajstić information content (AvgIpc) is 3.29. The second-order valence-electron chi connectivity index (χ2n) is 8.01. The lowest BCUT2D eigenvalue weighted by molar-refractivity contribution is 0.549. The first kappa shape index (κ1) is 19.8. The van der Waals surface area contributed by atoms with Crippen molar-refractivity contribution in [2.45, 2.75) is 11.9 Å². The topological polar surface area (TPSA) is 31.2 Å². The molecule has 1 atom stereocenters. The summed E-state index contributed by atoms with van der Waals surface area (Å²) in [7, 11) is 0. The largest absolute Gasteiger partial charge is 0.234 e. The van der Waals surface area contributed by atoms with Crippen LogP contribution >= 0.6 is 11.8 Å². The van der Waals surface area contributed by atoms with Crippen molar-refractivity contribution in [1.82, 2.24) is 0 Å². The zero-order chi connectivity index (χ0) is 22.3. The van der Waals surface area contributed by atoms with Crippen LogP contribution in [0.15, 0.2) is 125 Å². The molecule has 33 heavy (non-hydrogen) atoms. The summed E-state index contributed by atoms with van der Waals surface area (Å²) in [6, 6.07) is 39.6. The Morgan fingerprint density at radius 3 is 1.76 bits per heavy atom. The summed E-state index contributed by atoms with van der Waals surface area (Å²) in [4.78, 5) is -0.704. The lowest BCUT2D eigenvalue weighted by Crippen LogP contribution is -2.53. The van der Waals surface area contributed by atoms with Gasteiger partial charge in [-0.2, -0.15) is 10.2 Å². The summed E-state index contributed by atoms with van der Waals surface area (Å²) in [6.45, 7) is 2.08. The molecule has 0 aliphatic carbocycles. The van der Waals surface area contributed by atoms with Crippen LogP contribution in [0.1, 0.15) is 23.6 Å². The molecule has 4 aromatic carbocycles. The van der Waals surface area contributed by atoms with E-state index >= 15 is 0 Å². The highest BCUT2D eigenvalue weighted by Gasteiger charge is 2.54. The van der Waals surface area contributed by atoms with Gasteiger partial charge in [-0.3, -0.25) is 0 Å². The van der Waals surface area contributed by atoms with E-state index in [0.717, 1.165) is 33.3 Å². The van der Waals surface area contributed by atoms with E-state index in [0.29, 0.717) is 0 Å². The number of anilines is 2.